The van der Waals surface area contributed by atoms with Crippen LogP contribution in [0.1, 0.15) is 36.7 Å². The van der Waals surface area contributed by atoms with Gasteiger partial charge in [0.05, 0.1) is 12.6 Å². The number of carbonyl (C=O) groups excluding carboxylic acids is 1. The number of nitrogens with one attached hydrogen (secondary N) is 1. The molecule has 5 nitrogen and oxygen atoms in total. The van der Waals surface area contributed by atoms with E-state index < -0.39 is 6.04 Å². The largest absolute Gasteiger partial charge is 0.348 e. The van der Waals surface area contributed by atoms with E-state index in [0.717, 1.165) is 10.0 Å². The minimum Gasteiger partial charge on any atom is -0.348 e. The van der Waals surface area contributed by atoms with E-state index in [1.165, 1.54) is 11.3 Å². The molecule has 0 aliphatic carbocycles. The Morgan fingerprint density at radius 2 is 2.06 bits per heavy atom. The van der Waals surface area contributed by atoms with Crippen molar-refractivity contribution in [1.82, 2.24) is 15.5 Å². The summed E-state index contributed by atoms with van der Waals surface area (Å²) in [5, 5.41) is 12.5. The lowest BCUT2D eigenvalue weighted by molar-refractivity contribution is -0.122. The molecule has 0 aliphatic heterocycles. The molecule has 0 saturated heterocycles. The molecule has 1 aromatic rings. The van der Waals surface area contributed by atoms with Crippen LogP contribution < -0.4 is 11.1 Å². The van der Waals surface area contributed by atoms with E-state index in [1.54, 1.807) is 6.92 Å². The predicted molar refractivity (Wildman–Crippen MR) is 66.7 cm³/mol. The zero-order valence-corrected chi connectivity index (χ0v) is 11.2. The van der Waals surface area contributed by atoms with Gasteiger partial charge in [-0.15, -0.1) is 22.6 Å². The topological polar surface area (TPSA) is 80.9 Å². The molecule has 7 heteroatoms. The van der Waals surface area contributed by atoms with Crippen molar-refractivity contribution in [2.45, 2.75) is 39.3 Å². The first kappa shape index (κ1) is 15.3. The van der Waals surface area contributed by atoms with Gasteiger partial charge < -0.3 is 11.1 Å². The highest BCUT2D eigenvalue weighted by molar-refractivity contribution is 7.11. The molecule has 0 fully saturated rings. The Kier molecular flexibility index (Phi) is 6.47. The molecule has 1 aromatic heterocycles. The molecule has 0 spiro atoms. The molecule has 16 heavy (non-hydrogen) atoms. The van der Waals surface area contributed by atoms with Gasteiger partial charge >= 0.3 is 0 Å². The van der Waals surface area contributed by atoms with Crippen molar-refractivity contribution in [1.29, 1.82) is 0 Å². The average molecular weight is 265 g/mol. The minimum atomic E-state index is -0.484. The van der Waals surface area contributed by atoms with Gasteiger partial charge in [0, 0.05) is 5.92 Å². The number of carbonyl (C=O) groups is 1. The van der Waals surface area contributed by atoms with Crippen LogP contribution in [0.5, 0.6) is 0 Å². The van der Waals surface area contributed by atoms with Crippen molar-refractivity contribution in [3.05, 3.63) is 10.0 Å². The van der Waals surface area contributed by atoms with Gasteiger partial charge in [0.15, 0.2) is 0 Å². The lowest BCUT2D eigenvalue weighted by Gasteiger charge is -2.04. The van der Waals surface area contributed by atoms with E-state index in [-0.39, 0.29) is 18.3 Å². The molecule has 0 bridgehead atoms. The van der Waals surface area contributed by atoms with Crippen LogP contribution in [0.25, 0.3) is 0 Å². The average Bonchev–Trinajstić information content (AvgIpc) is 2.62. The van der Waals surface area contributed by atoms with Crippen molar-refractivity contribution in [2.75, 3.05) is 0 Å². The molecular weight excluding hydrogens is 248 g/mol. The van der Waals surface area contributed by atoms with Crippen molar-refractivity contribution >= 4 is 29.7 Å². The van der Waals surface area contributed by atoms with Gasteiger partial charge in [0.1, 0.15) is 10.0 Å². The van der Waals surface area contributed by atoms with Crippen LogP contribution in [0.3, 0.4) is 0 Å². The number of hydrogen-bond acceptors (Lipinski definition) is 5. The van der Waals surface area contributed by atoms with E-state index in [4.69, 9.17) is 5.73 Å². The summed E-state index contributed by atoms with van der Waals surface area (Å²) in [5.41, 5.74) is 5.41. The summed E-state index contributed by atoms with van der Waals surface area (Å²) >= 11 is 1.52. The third-order valence-electron chi connectivity index (χ3n) is 1.80. The number of aromatic nitrogens is 2. The highest BCUT2D eigenvalue weighted by atomic mass is 35.5. The molecule has 0 saturated carbocycles. The highest BCUT2D eigenvalue weighted by Crippen LogP contribution is 2.18. The Bertz CT molecular complexity index is 340. The number of nitrogens with two attached hydrogens (primary N) is 1. The Morgan fingerprint density at radius 1 is 1.44 bits per heavy atom. The molecule has 92 valence electrons. The first-order chi connectivity index (χ1) is 7.00. The molecule has 1 rings (SSSR count). The summed E-state index contributed by atoms with van der Waals surface area (Å²) in [6, 6.07) is -0.484. The summed E-state index contributed by atoms with van der Waals surface area (Å²) in [7, 11) is 0. The van der Waals surface area contributed by atoms with Crippen LogP contribution in [0.15, 0.2) is 0 Å². The van der Waals surface area contributed by atoms with Crippen LogP contribution in [0.2, 0.25) is 0 Å². The van der Waals surface area contributed by atoms with Gasteiger partial charge in [-0.3, -0.25) is 4.79 Å². The number of amides is 1. The van der Waals surface area contributed by atoms with E-state index >= 15 is 0 Å². The van der Waals surface area contributed by atoms with E-state index in [2.05, 4.69) is 29.4 Å². The summed E-state index contributed by atoms with van der Waals surface area (Å²) < 4.78 is 0. The van der Waals surface area contributed by atoms with E-state index in [0.29, 0.717) is 12.5 Å². The van der Waals surface area contributed by atoms with Crippen LogP contribution in [-0.4, -0.2) is 22.1 Å². The fourth-order valence-electron chi connectivity index (χ4n) is 0.895. The maximum absolute atomic E-state index is 11.2. The number of hydrogen-bond donors (Lipinski definition) is 2. The lowest BCUT2D eigenvalue weighted by Crippen LogP contribution is -2.37. The standard InChI is InChI=1S/C9H16N4OS.ClH/c1-5(2)9-13-12-7(15-9)4-11-8(14)6(3)10;/h5-6H,4,10H2,1-3H3,(H,11,14);1H. The monoisotopic (exact) mass is 264 g/mol. The second-order valence-electron chi connectivity index (χ2n) is 3.70. The van der Waals surface area contributed by atoms with Crippen molar-refractivity contribution in [3.63, 3.8) is 0 Å². The fourth-order valence-corrected chi connectivity index (χ4v) is 1.68. The van der Waals surface area contributed by atoms with Crippen LogP contribution in [0.4, 0.5) is 0 Å². The normalized spacial score (nSPS) is 12.1. The number of rotatable bonds is 4. The number of halogens is 1. The molecule has 1 atom stereocenters. The van der Waals surface area contributed by atoms with Gasteiger partial charge in [0.2, 0.25) is 5.91 Å². The van der Waals surface area contributed by atoms with Gasteiger partial charge in [-0.05, 0) is 6.92 Å². The molecule has 1 heterocycles. The second kappa shape index (κ2) is 6.78. The van der Waals surface area contributed by atoms with Crippen molar-refractivity contribution < 1.29 is 4.79 Å². The fraction of sp³-hybridized carbons (Fsp3) is 0.667. The molecule has 3 N–H and O–H groups in total. The first-order valence-corrected chi connectivity index (χ1v) is 5.68. The molecule has 1 unspecified atom stereocenters. The van der Waals surface area contributed by atoms with Gasteiger partial charge in [-0.1, -0.05) is 25.2 Å². The van der Waals surface area contributed by atoms with Crippen LogP contribution in [0, 0.1) is 0 Å². The number of nitrogens with zero attached hydrogens (tertiary/aromatic N) is 2. The smallest absolute Gasteiger partial charge is 0.236 e. The third-order valence-corrected chi connectivity index (χ3v) is 3.03. The van der Waals surface area contributed by atoms with Gasteiger partial charge in [0.25, 0.3) is 0 Å². The highest BCUT2D eigenvalue weighted by Gasteiger charge is 2.10. The van der Waals surface area contributed by atoms with Crippen molar-refractivity contribution in [3.8, 4) is 0 Å². The Morgan fingerprint density at radius 3 is 2.50 bits per heavy atom. The molecular formula is C9H17ClN4OS. The summed E-state index contributed by atoms with van der Waals surface area (Å²) in [6.07, 6.45) is 0. The molecule has 0 radical (unpaired) electrons. The Hall–Kier alpha value is -0.720. The van der Waals surface area contributed by atoms with E-state index in [1.807, 2.05) is 0 Å². The van der Waals surface area contributed by atoms with Crippen molar-refractivity contribution in [2.24, 2.45) is 5.73 Å². The SMILES string of the molecule is CC(N)C(=O)NCc1nnc(C(C)C)s1.Cl. The molecule has 1 amide bonds. The van der Waals surface area contributed by atoms with Crippen LogP contribution in [-0.2, 0) is 11.3 Å². The quantitative estimate of drug-likeness (QED) is 0.852. The summed E-state index contributed by atoms with van der Waals surface area (Å²) in [5.74, 6) is 0.205. The lowest BCUT2D eigenvalue weighted by atomic mass is 10.2. The molecule has 0 aromatic carbocycles. The predicted octanol–water partition coefficient (Wildman–Crippen LogP) is 1.05. The van der Waals surface area contributed by atoms with E-state index in [9.17, 15) is 4.79 Å². The third kappa shape index (κ3) is 4.42. The Labute approximate surface area is 105 Å². The summed E-state index contributed by atoms with van der Waals surface area (Å²) in [6.45, 7) is 6.18. The summed E-state index contributed by atoms with van der Waals surface area (Å²) in [4.78, 5) is 11.2. The zero-order valence-electron chi connectivity index (χ0n) is 9.56. The minimum absolute atomic E-state index is 0. The van der Waals surface area contributed by atoms with Gasteiger partial charge in [-0.2, -0.15) is 0 Å². The second-order valence-corrected chi connectivity index (χ2v) is 4.79. The maximum atomic E-state index is 11.2. The molecule has 0 aliphatic rings. The van der Waals surface area contributed by atoms with Crippen LogP contribution >= 0.6 is 23.7 Å². The van der Waals surface area contributed by atoms with Gasteiger partial charge in [-0.25, -0.2) is 0 Å². The maximum Gasteiger partial charge on any atom is 0.236 e. The first-order valence-electron chi connectivity index (χ1n) is 4.86. The zero-order chi connectivity index (χ0) is 11.4. The Balaban J connectivity index is 0.00000225.